The maximum absolute atomic E-state index is 11.2. The molecule has 0 saturated heterocycles. The number of carboxylic acids is 1. The van der Waals surface area contributed by atoms with Gasteiger partial charge in [-0.1, -0.05) is 13.3 Å². The average molecular weight is 294 g/mol. The monoisotopic (exact) mass is 294 g/mol. The Morgan fingerprint density at radius 2 is 2.35 bits per heavy atom. The van der Waals surface area contributed by atoms with Crippen LogP contribution in [0, 0.1) is 6.92 Å². The predicted molar refractivity (Wildman–Crippen MR) is 77.7 cm³/mol. The fraction of sp³-hybridized carbons (Fsp3) is 0.429. The van der Waals surface area contributed by atoms with Gasteiger partial charge in [-0.15, -0.1) is 11.3 Å². The molecule has 0 spiro atoms. The smallest absolute Gasteiger partial charge is 0.349 e. The molecule has 0 amide bonds. The largest absolute Gasteiger partial charge is 0.490 e. The first-order valence-electron chi connectivity index (χ1n) is 6.58. The summed E-state index contributed by atoms with van der Waals surface area (Å²) in [4.78, 5) is 16.7. The number of carbonyl (C=O) groups is 1. The molecule has 2 aromatic rings. The molecule has 0 aromatic carbocycles. The maximum atomic E-state index is 11.2. The zero-order valence-corrected chi connectivity index (χ0v) is 12.4. The predicted octanol–water partition coefficient (Wildman–Crippen LogP) is 2.98. The Labute approximate surface area is 121 Å². The molecule has 5 nitrogen and oxygen atoms in total. The third-order valence-corrected chi connectivity index (χ3v) is 4.12. The lowest BCUT2D eigenvalue weighted by Crippen LogP contribution is -2.09. The molecule has 0 aliphatic heterocycles. The molecular formula is C14H18N2O3S. The number of rotatable bonds is 7. The Bertz CT molecular complexity index is 589. The third kappa shape index (κ3) is 3.39. The van der Waals surface area contributed by atoms with Crippen LogP contribution in [0.25, 0.3) is 0 Å². The minimum atomic E-state index is -0.925. The summed E-state index contributed by atoms with van der Waals surface area (Å²) < 4.78 is 7.61. The summed E-state index contributed by atoms with van der Waals surface area (Å²) in [6, 6.07) is 1.85. The van der Waals surface area contributed by atoms with Crippen LogP contribution in [-0.2, 0) is 13.0 Å². The zero-order valence-electron chi connectivity index (χ0n) is 11.6. The number of aryl methyl sites for hydroxylation is 2. The molecule has 0 fully saturated rings. The van der Waals surface area contributed by atoms with Gasteiger partial charge in [0.25, 0.3) is 0 Å². The van der Waals surface area contributed by atoms with Crippen molar-refractivity contribution in [3.05, 3.63) is 34.0 Å². The SMILES string of the molecule is CCCc1cc(OCCn2ccnc2C)c(C(=O)O)s1. The van der Waals surface area contributed by atoms with Crippen LogP contribution < -0.4 is 4.74 Å². The highest BCUT2D eigenvalue weighted by atomic mass is 32.1. The van der Waals surface area contributed by atoms with Gasteiger partial charge < -0.3 is 14.4 Å². The van der Waals surface area contributed by atoms with E-state index in [9.17, 15) is 9.90 Å². The number of ether oxygens (including phenoxy) is 1. The zero-order chi connectivity index (χ0) is 14.5. The van der Waals surface area contributed by atoms with Crippen molar-refractivity contribution in [3.8, 4) is 5.75 Å². The van der Waals surface area contributed by atoms with Gasteiger partial charge >= 0.3 is 5.97 Å². The van der Waals surface area contributed by atoms with Crippen LogP contribution in [0.3, 0.4) is 0 Å². The van der Waals surface area contributed by atoms with Gasteiger partial charge in [0.2, 0.25) is 0 Å². The molecular weight excluding hydrogens is 276 g/mol. The fourth-order valence-electron chi connectivity index (χ4n) is 1.94. The van der Waals surface area contributed by atoms with Crippen molar-refractivity contribution >= 4 is 17.3 Å². The number of nitrogens with zero attached hydrogens (tertiary/aromatic N) is 2. The van der Waals surface area contributed by atoms with E-state index in [-0.39, 0.29) is 4.88 Å². The van der Waals surface area contributed by atoms with Crippen LogP contribution in [0.1, 0.15) is 33.7 Å². The van der Waals surface area contributed by atoms with E-state index >= 15 is 0 Å². The summed E-state index contributed by atoms with van der Waals surface area (Å²) in [7, 11) is 0. The molecule has 1 N–H and O–H groups in total. The van der Waals surface area contributed by atoms with E-state index in [1.165, 1.54) is 11.3 Å². The van der Waals surface area contributed by atoms with E-state index in [0.717, 1.165) is 23.5 Å². The Morgan fingerprint density at radius 1 is 1.55 bits per heavy atom. The van der Waals surface area contributed by atoms with Gasteiger partial charge in [-0.25, -0.2) is 9.78 Å². The van der Waals surface area contributed by atoms with Crippen LogP contribution in [0.4, 0.5) is 0 Å². The highest BCUT2D eigenvalue weighted by molar-refractivity contribution is 7.14. The van der Waals surface area contributed by atoms with Crippen molar-refractivity contribution in [3.63, 3.8) is 0 Å². The molecule has 0 unspecified atom stereocenters. The van der Waals surface area contributed by atoms with Crippen molar-refractivity contribution < 1.29 is 14.6 Å². The second kappa shape index (κ2) is 6.56. The van der Waals surface area contributed by atoms with Crippen molar-refractivity contribution in [2.24, 2.45) is 0 Å². The fourth-order valence-corrected chi connectivity index (χ4v) is 2.98. The number of aromatic carboxylic acids is 1. The molecule has 0 bridgehead atoms. The number of carboxylic acid groups (broad SMARTS) is 1. The van der Waals surface area contributed by atoms with E-state index in [1.807, 2.05) is 23.8 Å². The van der Waals surface area contributed by atoms with Gasteiger partial charge in [0.1, 0.15) is 18.2 Å². The van der Waals surface area contributed by atoms with Crippen LogP contribution in [0.15, 0.2) is 18.5 Å². The molecule has 0 atom stereocenters. The Hall–Kier alpha value is -1.82. The van der Waals surface area contributed by atoms with Gasteiger partial charge in [0, 0.05) is 17.3 Å². The minimum absolute atomic E-state index is 0.288. The number of thiophene rings is 1. The number of imidazole rings is 1. The van der Waals surface area contributed by atoms with E-state index < -0.39 is 5.97 Å². The average Bonchev–Trinajstić information content (AvgIpc) is 2.98. The molecule has 0 aliphatic rings. The Balaban J connectivity index is 2.01. The summed E-state index contributed by atoms with van der Waals surface area (Å²) in [6.45, 7) is 5.08. The van der Waals surface area contributed by atoms with Crippen LogP contribution in [-0.4, -0.2) is 27.2 Å². The quantitative estimate of drug-likeness (QED) is 0.852. The first kappa shape index (κ1) is 14.6. The van der Waals surface area contributed by atoms with E-state index in [0.29, 0.717) is 18.9 Å². The standard InChI is InChI=1S/C14H18N2O3S/c1-3-4-11-9-12(13(20-11)14(17)18)19-8-7-16-6-5-15-10(16)2/h5-6,9H,3-4,7-8H2,1-2H3,(H,17,18). The molecule has 108 valence electrons. The molecule has 6 heteroatoms. The van der Waals surface area contributed by atoms with Crippen molar-refractivity contribution in [2.45, 2.75) is 33.2 Å². The van der Waals surface area contributed by atoms with Gasteiger partial charge in [0.15, 0.2) is 4.88 Å². The lowest BCUT2D eigenvalue weighted by atomic mass is 10.3. The topological polar surface area (TPSA) is 64.4 Å². The van der Waals surface area contributed by atoms with Crippen molar-refractivity contribution in [1.29, 1.82) is 0 Å². The van der Waals surface area contributed by atoms with Crippen LogP contribution in [0.5, 0.6) is 5.75 Å². The molecule has 2 heterocycles. The lowest BCUT2D eigenvalue weighted by molar-refractivity contribution is 0.0698. The van der Waals surface area contributed by atoms with Crippen LogP contribution >= 0.6 is 11.3 Å². The third-order valence-electron chi connectivity index (χ3n) is 2.95. The van der Waals surface area contributed by atoms with Crippen molar-refractivity contribution in [2.75, 3.05) is 6.61 Å². The number of hydrogen-bond acceptors (Lipinski definition) is 4. The normalized spacial score (nSPS) is 10.7. The number of aromatic nitrogens is 2. The second-order valence-electron chi connectivity index (χ2n) is 4.48. The van der Waals surface area contributed by atoms with E-state index in [4.69, 9.17) is 4.74 Å². The van der Waals surface area contributed by atoms with Gasteiger partial charge in [0.05, 0.1) is 6.54 Å². The summed E-state index contributed by atoms with van der Waals surface area (Å²) in [5.41, 5.74) is 0. The summed E-state index contributed by atoms with van der Waals surface area (Å²) in [6.07, 6.45) is 5.50. The Morgan fingerprint density at radius 3 is 2.95 bits per heavy atom. The highest BCUT2D eigenvalue weighted by Gasteiger charge is 2.16. The van der Waals surface area contributed by atoms with E-state index in [1.54, 1.807) is 6.20 Å². The molecule has 0 radical (unpaired) electrons. The molecule has 20 heavy (non-hydrogen) atoms. The highest BCUT2D eigenvalue weighted by Crippen LogP contribution is 2.30. The van der Waals surface area contributed by atoms with Gasteiger partial charge in [-0.3, -0.25) is 0 Å². The summed E-state index contributed by atoms with van der Waals surface area (Å²) >= 11 is 1.30. The van der Waals surface area contributed by atoms with Crippen LogP contribution in [0.2, 0.25) is 0 Å². The lowest BCUT2D eigenvalue weighted by Gasteiger charge is -2.07. The minimum Gasteiger partial charge on any atom is -0.490 e. The summed E-state index contributed by atoms with van der Waals surface area (Å²) in [5.74, 6) is 0.471. The number of hydrogen-bond donors (Lipinski definition) is 1. The van der Waals surface area contributed by atoms with E-state index in [2.05, 4.69) is 11.9 Å². The second-order valence-corrected chi connectivity index (χ2v) is 5.61. The maximum Gasteiger partial charge on any atom is 0.349 e. The van der Waals surface area contributed by atoms with Crippen molar-refractivity contribution in [1.82, 2.24) is 9.55 Å². The van der Waals surface area contributed by atoms with Gasteiger partial charge in [-0.05, 0) is 19.4 Å². The van der Waals surface area contributed by atoms with Gasteiger partial charge in [-0.2, -0.15) is 0 Å². The molecule has 2 aromatic heterocycles. The summed E-state index contributed by atoms with van der Waals surface area (Å²) in [5, 5.41) is 9.19. The first-order chi connectivity index (χ1) is 9.61. The molecule has 0 saturated carbocycles. The first-order valence-corrected chi connectivity index (χ1v) is 7.40. The molecule has 0 aliphatic carbocycles. The molecule has 2 rings (SSSR count). The Kier molecular flexibility index (Phi) is 4.79.